The molecule has 0 radical (unpaired) electrons. The van der Waals surface area contributed by atoms with Gasteiger partial charge in [-0.15, -0.1) is 0 Å². The quantitative estimate of drug-likeness (QED) is 0.149. The minimum absolute atomic E-state index is 0.0960. The second kappa shape index (κ2) is 10.5. The van der Waals surface area contributed by atoms with Gasteiger partial charge in [0, 0.05) is 22.9 Å². The normalized spacial score (nSPS) is 21.0. The number of hydrogen-bond acceptors (Lipinski definition) is 8. The fraction of sp³-hybridized carbons (Fsp3) is 0.205. The van der Waals surface area contributed by atoms with Crippen molar-refractivity contribution < 1.29 is 33.6 Å². The number of hydrogen-bond donors (Lipinski definition) is 2. The zero-order valence-electron chi connectivity index (χ0n) is 25.8. The third kappa shape index (κ3) is 4.10. The van der Waals surface area contributed by atoms with Crippen molar-refractivity contribution in [1.82, 2.24) is 0 Å². The third-order valence-electron chi connectivity index (χ3n) is 10.1. The summed E-state index contributed by atoms with van der Waals surface area (Å²) in [7, 11) is 2.99. The highest BCUT2D eigenvalue weighted by molar-refractivity contribution is 6.20. The number of phenols is 1. The van der Waals surface area contributed by atoms with Gasteiger partial charge in [0.15, 0.2) is 23.0 Å². The number of anilines is 1. The first-order valence-electron chi connectivity index (χ1n) is 15.7. The molecule has 8 heteroatoms. The van der Waals surface area contributed by atoms with Crippen molar-refractivity contribution in [1.29, 1.82) is 0 Å². The molecular formula is C39H31NO7. The fourth-order valence-electron chi connectivity index (χ4n) is 7.99. The Hall–Kier alpha value is -5.63. The summed E-state index contributed by atoms with van der Waals surface area (Å²) in [5, 5.41) is 21.6. The average Bonchev–Trinajstić information content (AvgIpc) is 3.73. The molecule has 8 nitrogen and oxygen atoms in total. The number of fused-ring (bicyclic) bond motifs is 8. The lowest BCUT2D eigenvalue weighted by atomic mass is 9.65. The van der Waals surface area contributed by atoms with E-state index in [-0.39, 0.29) is 48.6 Å². The summed E-state index contributed by atoms with van der Waals surface area (Å²) >= 11 is 0. The van der Waals surface area contributed by atoms with Crippen molar-refractivity contribution >= 4 is 44.0 Å². The second-order valence-electron chi connectivity index (χ2n) is 12.4. The lowest BCUT2D eigenvalue weighted by Crippen LogP contribution is -2.37. The summed E-state index contributed by atoms with van der Waals surface area (Å²) in [5.74, 6) is 0.292. The molecule has 0 bridgehead atoms. The van der Waals surface area contributed by atoms with Crippen LogP contribution in [-0.4, -0.2) is 38.7 Å². The summed E-state index contributed by atoms with van der Waals surface area (Å²) in [5.41, 5.74) is 3.65. The number of esters is 1. The van der Waals surface area contributed by atoms with E-state index in [0.717, 1.165) is 38.5 Å². The number of cyclic esters (lactones) is 1. The van der Waals surface area contributed by atoms with E-state index in [1.165, 1.54) is 30.4 Å². The minimum Gasteiger partial charge on any atom is -0.502 e. The number of methoxy groups -OCH3 is 2. The Balaban J connectivity index is 1.27. The Labute approximate surface area is 270 Å². The van der Waals surface area contributed by atoms with Crippen LogP contribution in [0, 0.1) is 11.8 Å². The van der Waals surface area contributed by atoms with E-state index >= 15 is 0 Å². The van der Waals surface area contributed by atoms with Crippen molar-refractivity contribution in [3.05, 3.63) is 108 Å². The van der Waals surface area contributed by atoms with Gasteiger partial charge in [-0.25, -0.2) is 0 Å². The Kier molecular flexibility index (Phi) is 6.15. The lowest BCUT2D eigenvalue weighted by molar-refractivity contribution is -0.141. The predicted molar refractivity (Wildman–Crippen MR) is 179 cm³/mol. The Morgan fingerprint density at radius 3 is 2.13 bits per heavy atom. The van der Waals surface area contributed by atoms with Gasteiger partial charge in [0.25, 0.3) is 0 Å². The van der Waals surface area contributed by atoms with Crippen LogP contribution in [0.3, 0.4) is 0 Å². The molecule has 2 N–H and O–H groups in total. The molecule has 47 heavy (non-hydrogen) atoms. The van der Waals surface area contributed by atoms with Crippen LogP contribution in [0.25, 0.3) is 32.3 Å². The van der Waals surface area contributed by atoms with Crippen LogP contribution in [0.5, 0.6) is 28.7 Å². The van der Waals surface area contributed by atoms with Gasteiger partial charge in [0.1, 0.15) is 0 Å². The van der Waals surface area contributed by atoms with Gasteiger partial charge in [-0.1, -0.05) is 60.7 Å². The molecule has 2 heterocycles. The number of carbonyl (C=O) groups is 1. The SMILES string of the molecule is COc1cc([C@@H]2c3cc4c(cc3[C@@H](Nc3cc5c6ccccc6ccc5c5ccccc35)[C@H]3COC(=O)[C@H]23)OCO4)cc(OC)c1O. The van der Waals surface area contributed by atoms with Gasteiger partial charge in [-0.2, -0.15) is 0 Å². The zero-order valence-corrected chi connectivity index (χ0v) is 25.8. The standard InChI is InChI=1S/C39H31NO7/c1-43-33-13-21(14-34(44-2)38(33)41)35-27-16-31-32(47-19-46-31)17-28(27)37(29-18-45-39(42)36(29)35)40-30-15-26-22-8-4-3-7-20(22)11-12-24(26)23-9-5-6-10-25(23)30/h3-17,29,35-37,40-41H,18-19H2,1-2H3/t29-,35+,36-,37+/m0/s1. The van der Waals surface area contributed by atoms with Crippen LogP contribution in [-0.2, 0) is 9.53 Å². The van der Waals surface area contributed by atoms with Gasteiger partial charge in [0.2, 0.25) is 12.5 Å². The van der Waals surface area contributed by atoms with Crippen LogP contribution in [0.2, 0.25) is 0 Å². The van der Waals surface area contributed by atoms with Gasteiger partial charge >= 0.3 is 5.97 Å². The van der Waals surface area contributed by atoms with E-state index in [2.05, 4.69) is 72.0 Å². The maximum atomic E-state index is 13.7. The number of ether oxygens (including phenoxy) is 5. The van der Waals surface area contributed by atoms with Gasteiger partial charge < -0.3 is 34.1 Å². The molecule has 0 aromatic heterocycles. The number of aromatic hydroxyl groups is 1. The highest BCUT2D eigenvalue weighted by Gasteiger charge is 2.53. The van der Waals surface area contributed by atoms with Crippen LogP contribution in [0.4, 0.5) is 5.69 Å². The number of carbonyl (C=O) groups excluding carboxylic acids is 1. The predicted octanol–water partition coefficient (Wildman–Crippen LogP) is 7.69. The first kappa shape index (κ1) is 27.7. The Morgan fingerprint density at radius 1 is 0.723 bits per heavy atom. The summed E-state index contributed by atoms with van der Waals surface area (Å²) in [6, 6.07) is 30.8. The van der Waals surface area contributed by atoms with Crippen molar-refractivity contribution in [2.45, 2.75) is 12.0 Å². The summed E-state index contributed by atoms with van der Waals surface area (Å²) < 4.78 is 28.6. The maximum Gasteiger partial charge on any atom is 0.310 e. The van der Waals surface area contributed by atoms with Gasteiger partial charge in [-0.05, 0) is 74.0 Å². The molecule has 6 aromatic carbocycles. The zero-order chi connectivity index (χ0) is 31.8. The van der Waals surface area contributed by atoms with Crippen LogP contribution in [0.1, 0.15) is 28.7 Å². The first-order chi connectivity index (χ1) is 23.0. The fourth-order valence-corrected chi connectivity index (χ4v) is 7.99. The second-order valence-corrected chi connectivity index (χ2v) is 12.4. The van der Waals surface area contributed by atoms with Crippen molar-refractivity contribution in [2.24, 2.45) is 11.8 Å². The highest BCUT2D eigenvalue weighted by atomic mass is 16.7. The molecule has 1 fully saturated rings. The topological polar surface area (TPSA) is 95.5 Å². The molecule has 9 rings (SSSR count). The smallest absolute Gasteiger partial charge is 0.310 e. The van der Waals surface area contributed by atoms with Crippen molar-refractivity contribution in [2.75, 3.05) is 32.9 Å². The molecule has 0 amide bonds. The van der Waals surface area contributed by atoms with Crippen LogP contribution < -0.4 is 24.3 Å². The average molecular weight is 626 g/mol. The molecule has 1 saturated heterocycles. The summed E-state index contributed by atoms with van der Waals surface area (Å²) in [6.45, 7) is 0.380. The molecule has 6 aromatic rings. The molecule has 0 saturated carbocycles. The molecular weight excluding hydrogens is 594 g/mol. The molecule has 1 aliphatic carbocycles. The van der Waals surface area contributed by atoms with E-state index in [1.54, 1.807) is 12.1 Å². The number of rotatable bonds is 5. The van der Waals surface area contributed by atoms with E-state index in [1.807, 2.05) is 12.1 Å². The van der Waals surface area contributed by atoms with E-state index in [9.17, 15) is 9.90 Å². The van der Waals surface area contributed by atoms with E-state index in [0.29, 0.717) is 11.5 Å². The van der Waals surface area contributed by atoms with Gasteiger partial charge in [-0.3, -0.25) is 4.79 Å². The largest absolute Gasteiger partial charge is 0.502 e. The molecule has 2 aliphatic heterocycles. The van der Waals surface area contributed by atoms with Crippen LogP contribution in [0.15, 0.2) is 91.0 Å². The molecule has 0 unspecified atom stereocenters. The van der Waals surface area contributed by atoms with Crippen molar-refractivity contribution in [3.63, 3.8) is 0 Å². The molecule has 234 valence electrons. The number of benzene rings is 6. The van der Waals surface area contributed by atoms with Crippen molar-refractivity contribution in [3.8, 4) is 28.7 Å². The highest BCUT2D eigenvalue weighted by Crippen LogP contribution is 2.56. The van der Waals surface area contributed by atoms with E-state index < -0.39 is 11.8 Å². The lowest BCUT2D eigenvalue weighted by Gasteiger charge is -2.40. The number of phenolic OH excluding ortho intramolecular Hbond substituents is 1. The first-order valence-corrected chi connectivity index (χ1v) is 15.7. The van der Waals surface area contributed by atoms with E-state index in [4.69, 9.17) is 23.7 Å². The molecule has 0 spiro atoms. The third-order valence-corrected chi connectivity index (χ3v) is 10.1. The molecule has 3 aliphatic rings. The summed E-state index contributed by atoms with van der Waals surface area (Å²) in [6.07, 6.45) is 0. The maximum absolute atomic E-state index is 13.7. The number of nitrogens with one attached hydrogen (secondary N) is 1. The molecule has 4 atom stereocenters. The van der Waals surface area contributed by atoms with Gasteiger partial charge in [0.05, 0.1) is 32.8 Å². The summed E-state index contributed by atoms with van der Waals surface area (Å²) in [4.78, 5) is 13.7. The minimum atomic E-state index is -0.521. The Bertz CT molecular complexity index is 2240. The monoisotopic (exact) mass is 625 g/mol. The Morgan fingerprint density at radius 2 is 1.38 bits per heavy atom. The van der Waals surface area contributed by atoms with Crippen LogP contribution >= 0.6 is 0 Å².